The van der Waals surface area contributed by atoms with E-state index in [-0.39, 0.29) is 6.10 Å². The maximum atomic E-state index is 9.44. The third-order valence-corrected chi connectivity index (χ3v) is 3.52. The summed E-state index contributed by atoms with van der Waals surface area (Å²) < 4.78 is 0. The molecule has 4 unspecified atom stereocenters. The number of aliphatic hydroxyl groups excluding tert-OH is 1. The molecule has 2 rings (SSSR count). The van der Waals surface area contributed by atoms with Crippen LogP contribution in [0.1, 0.15) is 39.0 Å². The molecular weight excluding hydrogens is 136 g/mol. The molecule has 64 valence electrons. The van der Waals surface area contributed by atoms with Gasteiger partial charge in [0.15, 0.2) is 0 Å². The average Bonchev–Trinajstić information content (AvgIpc) is 2.27. The summed E-state index contributed by atoms with van der Waals surface area (Å²) in [5, 5.41) is 9.44. The largest absolute Gasteiger partial charge is 0.393 e. The Hall–Kier alpha value is -0.0400. The number of hydrogen-bond donors (Lipinski definition) is 1. The fourth-order valence-corrected chi connectivity index (χ4v) is 3.03. The summed E-state index contributed by atoms with van der Waals surface area (Å²) in [5.74, 6) is 2.76. The predicted molar refractivity (Wildman–Crippen MR) is 45.2 cm³/mol. The Labute approximate surface area is 68.8 Å². The topological polar surface area (TPSA) is 20.2 Å². The summed E-state index contributed by atoms with van der Waals surface area (Å²) >= 11 is 0. The van der Waals surface area contributed by atoms with Crippen LogP contribution >= 0.6 is 0 Å². The molecule has 0 aromatic rings. The first-order chi connectivity index (χ1) is 5.25. The molecule has 0 spiro atoms. The molecule has 1 heteroatoms. The molecule has 2 aliphatic carbocycles. The molecule has 0 aliphatic heterocycles. The van der Waals surface area contributed by atoms with Crippen molar-refractivity contribution in [3.05, 3.63) is 0 Å². The minimum atomic E-state index is 0.0292. The number of fused-ring (bicyclic) bond motifs is 1. The zero-order valence-corrected chi connectivity index (χ0v) is 7.29. The molecule has 1 N–H and O–H groups in total. The standard InChI is InChI=1S/C10H18O/c1-7-4-8-2-3-10(11)6-9(8)5-7/h7-11H,2-6H2,1H3. The molecule has 0 heterocycles. The molecule has 0 saturated heterocycles. The van der Waals surface area contributed by atoms with Gasteiger partial charge in [-0.25, -0.2) is 0 Å². The lowest BCUT2D eigenvalue weighted by Crippen LogP contribution is -2.23. The Morgan fingerprint density at radius 1 is 1.00 bits per heavy atom. The third kappa shape index (κ3) is 1.44. The lowest BCUT2D eigenvalue weighted by molar-refractivity contribution is 0.0806. The highest BCUT2D eigenvalue weighted by atomic mass is 16.3. The Kier molecular flexibility index (Phi) is 1.92. The molecule has 0 aromatic carbocycles. The summed E-state index contributed by atoms with van der Waals surface area (Å²) in [5.41, 5.74) is 0. The zero-order valence-electron chi connectivity index (χ0n) is 7.29. The van der Waals surface area contributed by atoms with E-state index in [1.165, 1.54) is 19.3 Å². The summed E-state index contributed by atoms with van der Waals surface area (Å²) in [7, 11) is 0. The fourth-order valence-electron chi connectivity index (χ4n) is 3.03. The van der Waals surface area contributed by atoms with E-state index in [1.54, 1.807) is 0 Å². The number of hydrogen-bond acceptors (Lipinski definition) is 1. The molecular formula is C10H18O. The highest BCUT2D eigenvalue weighted by Crippen LogP contribution is 2.44. The summed E-state index contributed by atoms with van der Waals surface area (Å²) in [6.45, 7) is 2.35. The van der Waals surface area contributed by atoms with E-state index in [2.05, 4.69) is 6.92 Å². The van der Waals surface area contributed by atoms with Crippen LogP contribution in [0.4, 0.5) is 0 Å². The van der Waals surface area contributed by atoms with Gasteiger partial charge in [0, 0.05) is 0 Å². The van der Waals surface area contributed by atoms with E-state index in [9.17, 15) is 5.11 Å². The minimum absolute atomic E-state index is 0.0292. The molecule has 4 atom stereocenters. The maximum Gasteiger partial charge on any atom is 0.0543 e. The van der Waals surface area contributed by atoms with Crippen molar-refractivity contribution in [3.8, 4) is 0 Å². The summed E-state index contributed by atoms with van der Waals surface area (Å²) in [4.78, 5) is 0. The second-order valence-electron chi connectivity index (χ2n) is 4.56. The smallest absolute Gasteiger partial charge is 0.0543 e. The van der Waals surface area contributed by atoms with Crippen LogP contribution in [-0.2, 0) is 0 Å². The van der Waals surface area contributed by atoms with Crippen molar-refractivity contribution in [1.29, 1.82) is 0 Å². The van der Waals surface area contributed by atoms with Gasteiger partial charge in [-0.1, -0.05) is 6.92 Å². The van der Waals surface area contributed by atoms with Crippen molar-refractivity contribution in [3.63, 3.8) is 0 Å². The Morgan fingerprint density at radius 3 is 2.55 bits per heavy atom. The predicted octanol–water partition coefficient (Wildman–Crippen LogP) is 2.19. The van der Waals surface area contributed by atoms with E-state index in [0.29, 0.717) is 0 Å². The van der Waals surface area contributed by atoms with Crippen LogP contribution in [0.3, 0.4) is 0 Å². The molecule has 0 aromatic heterocycles. The van der Waals surface area contributed by atoms with E-state index >= 15 is 0 Å². The van der Waals surface area contributed by atoms with Crippen molar-refractivity contribution in [1.82, 2.24) is 0 Å². The SMILES string of the molecule is CC1CC2CCC(O)CC2C1. The molecule has 2 saturated carbocycles. The maximum absolute atomic E-state index is 9.44. The highest BCUT2D eigenvalue weighted by Gasteiger charge is 2.36. The fraction of sp³-hybridized carbons (Fsp3) is 1.00. The van der Waals surface area contributed by atoms with E-state index in [0.717, 1.165) is 30.6 Å². The van der Waals surface area contributed by atoms with E-state index < -0.39 is 0 Å². The molecule has 1 nitrogen and oxygen atoms in total. The first kappa shape index (κ1) is 7.60. The molecule has 2 fully saturated rings. The van der Waals surface area contributed by atoms with Crippen LogP contribution in [0.2, 0.25) is 0 Å². The van der Waals surface area contributed by atoms with Crippen molar-refractivity contribution in [2.45, 2.75) is 45.1 Å². The van der Waals surface area contributed by atoms with E-state index in [4.69, 9.17) is 0 Å². The van der Waals surface area contributed by atoms with Crippen LogP contribution in [-0.4, -0.2) is 11.2 Å². The summed E-state index contributed by atoms with van der Waals surface area (Å²) in [6, 6.07) is 0. The van der Waals surface area contributed by atoms with Crippen molar-refractivity contribution in [2.75, 3.05) is 0 Å². The van der Waals surface area contributed by atoms with Gasteiger partial charge >= 0.3 is 0 Å². The Balaban J connectivity index is 1.97. The highest BCUT2D eigenvalue weighted by molar-refractivity contribution is 4.87. The lowest BCUT2D eigenvalue weighted by Gasteiger charge is -2.28. The van der Waals surface area contributed by atoms with Gasteiger partial charge in [0.2, 0.25) is 0 Å². The van der Waals surface area contributed by atoms with Gasteiger partial charge in [-0.3, -0.25) is 0 Å². The molecule has 0 bridgehead atoms. The van der Waals surface area contributed by atoms with Gasteiger partial charge in [0.1, 0.15) is 0 Å². The molecule has 2 aliphatic rings. The molecule has 11 heavy (non-hydrogen) atoms. The second-order valence-corrected chi connectivity index (χ2v) is 4.56. The molecule has 0 radical (unpaired) electrons. The average molecular weight is 154 g/mol. The quantitative estimate of drug-likeness (QED) is 0.567. The Bertz CT molecular complexity index is 144. The third-order valence-electron chi connectivity index (χ3n) is 3.52. The minimum Gasteiger partial charge on any atom is -0.393 e. The van der Waals surface area contributed by atoms with Gasteiger partial charge in [-0.2, -0.15) is 0 Å². The van der Waals surface area contributed by atoms with Gasteiger partial charge < -0.3 is 5.11 Å². The van der Waals surface area contributed by atoms with Gasteiger partial charge in [0.25, 0.3) is 0 Å². The molecule has 0 amide bonds. The first-order valence-corrected chi connectivity index (χ1v) is 4.93. The van der Waals surface area contributed by atoms with Crippen LogP contribution in [0.15, 0.2) is 0 Å². The van der Waals surface area contributed by atoms with E-state index in [1.807, 2.05) is 0 Å². The lowest BCUT2D eigenvalue weighted by atomic mass is 9.80. The monoisotopic (exact) mass is 154 g/mol. The van der Waals surface area contributed by atoms with Crippen molar-refractivity contribution < 1.29 is 5.11 Å². The van der Waals surface area contributed by atoms with Gasteiger partial charge in [-0.05, 0) is 49.9 Å². The number of aliphatic hydroxyl groups is 1. The van der Waals surface area contributed by atoms with Crippen LogP contribution in [0, 0.1) is 17.8 Å². The number of rotatable bonds is 0. The van der Waals surface area contributed by atoms with Crippen molar-refractivity contribution >= 4 is 0 Å². The normalized spacial score (nSPS) is 50.7. The Morgan fingerprint density at radius 2 is 1.73 bits per heavy atom. The van der Waals surface area contributed by atoms with Crippen molar-refractivity contribution in [2.24, 2.45) is 17.8 Å². The second kappa shape index (κ2) is 2.78. The first-order valence-electron chi connectivity index (χ1n) is 4.93. The van der Waals surface area contributed by atoms with Crippen LogP contribution in [0.5, 0.6) is 0 Å². The summed E-state index contributed by atoms with van der Waals surface area (Å²) in [6.07, 6.45) is 6.28. The van der Waals surface area contributed by atoms with Gasteiger partial charge in [-0.15, -0.1) is 0 Å². The van der Waals surface area contributed by atoms with Crippen LogP contribution < -0.4 is 0 Å². The van der Waals surface area contributed by atoms with Gasteiger partial charge in [0.05, 0.1) is 6.10 Å². The zero-order chi connectivity index (χ0) is 7.84. The van der Waals surface area contributed by atoms with Crippen LogP contribution in [0.25, 0.3) is 0 Å².